The number of fused-ring (bicyclic) bond motifs is 1. The molecule has 3 aromatic carbocycles. The van der Waals surface area contributed by atoms with E-state index in [1.165, 1.54) is 10.8 Å². The summed E-state index contributed by atoms with van der Waals surface area (Å²) in [6.45, 7) is 0. The third-order valence-electron chi connectivity index (χ3n) is 3.05. The quantitative estimate of drug-likeness (QED) is 0.597. The molecule has 0 aromatic heterocycles. The molecular formula is C17H11ClOS. The summed E-state index contributed by atoms with van der Waals surface area (Å²) in [6, 6.07) is 19.9. The molecule has 0 saturated heterocycles. The molecular weight excluding hydrogens is 288 g/mol. The average molecular weight is 299 g/mol. The highest BCUT2D eigenvalue weighted by Gasteiger charge is 2.05. The molecule has 0 aliphatic rings. The Kier molecular flexibility index (Phi) is 3.77. The van der Waals surface area contributed by atoms with Gasteiger partial charge in [0.1, 0.15) is 0 Å². The van der Waals surface area contributed by atoms with Crippen molar-refractivity contribution in [2.24, 2.45) is 0 Å². The van der Waals surface area contributed by atoms with Crippen molar-refractivity contribution in [3.63, 3.8) is 0 Å². The molecule has 0 bridgehead atoms. The van der Waals surface area contributed by atoms with Crippen molar-refractivity contribution in [1.29, 1.82) is 0 Å². The second-order valence-corrected chi connectivity index (χ2v) is 5.96. The Bertz CT molecular complexity index is 783. The number of rotatable bonds is 3. The number of aldehydes is 1. The third-order valence-corrected chi connectivity index (χ3v) is 4.36. The Labute approximate surface area is 126 Å². The highest BCUT2D eigenvalue weighted by atomic mass is 35.5. The van der Waals surface area contributed by atoms with Crippen LogP contribution in [0.4, 0.5) is 0 Å². The van der Waals surface area contributed by atoms with Crippen LogP contribution in [0.5, 0.6) is 0 Å². The first-order valence-corrected chi connectivity index (χ1v) is 7.37. The fraction of sp³-hybridized carbons (Fsp3) is 0. The predicted octanol–water partition coefficient (Wildman–Crippen LogP) is 5.46. The number of hydrogen-bond acceptors (Lipinski definition) is 2. The summed E-state index contributed by atoms with van der Waals surface area (Å²) in [6.07, 6.45) is 0.843. The first-order chi connectivity index (χ1) is 9.76. The Morgan fingerprint density at radius 1 is 0.900 bits per heavy atom. The van der Waals surface area contributed by atoms with E-state index in [9.17, 15) is 4.79 Å². The van der Waals surface area contributed by atoms with Crippen molar-refractivity contribution in [3.05, 3.63) is 71.2 Å². The van der Waals surface area contributed by atoms with E-state index in [4.69, 9.17) is 11.6 Å². The van der Waals surface area contributed by atoms with Crippen LogP contribution in [-0.4, -0.2) is 6.29 Å². The second-order valence-electron chi connectivity index (χ2n) is 4.41. The first kappa shape index (κ1) is 13.2. The molecule has 0 N–H and O–H groups in total. The fourth-order valence-corrected chi connectivity index (χ4v) is 3.18. The average Bonchev–Trinajstić information content (AvgIpc) is 2.49. The summed E-state index contributed by atoms with van der Waals surface area (Å²) in [5.41, 5.74) is 0.621. The van der Waals surface area contributed by atoms with Gasteiger partial charge in [0.25, 0.3) is 0 Å². The standard InChI is InChI=1S/C17H11ClOS/c18-15-6-8-17(14(9-15)11-19)20-16-7-5-12-3-1-2-4-13(12)10-16/h1-11H. The molecule has 0 saturated carbocycles. The molecule has 1 nitrogen and oxygen atoms in total. The fourth-order valence-electron chi connectivity index (χ4n) is 2.06. The summed E-state index contributed by atoms with van der Waals surface area (Å²) in [5.74, 6) is 0. The number of hydrogen-bond donors (Lipinski definition) is 0. The van der Waals surface area contributed by atoms with E-state index in [2.05, 4.69) is 30.3 Å². The van der Waals surface area contributed by atoms with Crippen molar-refractivity contribution < 1.29 is 4.79 Å². The molecule has 0 aliphatic carbocycles. The van der Waals surface area contributed by atoms with Gasteiger partial charge in [-0.25, -0.2) is 0 Å². The molecule has 0 aliphatic heterocycles. The van der Waals surface area contributed by atoms with E-state index >= 15 is 0 Å². The van der Waals surface area contributed by atoms with Gasteiger partial charge in [-0.1, -0.05) is 53.7 Å². The van der Waals surface area contributed by atoms with Crippen LogP contribution in [0.2, 0.25) is 5.02 Å². The van der Waals surface area contributed by atoms with Crippen LogP contribution in [0.1, 0.15) is 10.4 Å². The molecule has 0 amide bonds. The van der Waals surface area contributed by atoms with Crippen LogP contribution < -0.4 is 0 Å². The Balaban J connectivity index is 1.98. The van der Waals surface area contributed by atoms with E-state index in [0.29, 0.717) is 10.6 Å². The van der Waals surface area contributed by atoms with Crippen LogP contribution in [0.15, 0.2) is 70.5 Å². The third kappa shape index (κ3) is 2.72. The van der Waals surface area contributed by atoms with Gasteiger partial charge in [-0.3, -0.25) is 4.79 Å². The predicted molar refractivity (Wildman–Crippen MR) is 84.9 cm³/mol. The molecule has 20 heavy (non-hydrogen) atoms. The van der Waals surface area contributed by atoms with Gasteiger partial charge in [0.15, 0.2) is 6.29 Å². The summed E-state index contributed by atoms with van der Waals surface area (Å²) in [7, 11) is 0. The Morgan fingerprint density at radius 2 is 1.70 bits per heavy atom. The van der Waals surface area contributed by atoms with Gasteiger partial charge in [-0.05, 0) is 41.1 Å². The highest BCUT2D eigenvalue weighted by Crippen LogP contribution is 2.33. The topological polar surface area (TPSA) is 17.1 Å². The van der Waals surface area contributed by atoms with E-state index in [1.54, 1.807) is 23.9 Å². The minimum absolute atomic E-state index is 0.579. The second kappa shape index (κ2) is 5.70. The summed E-state index contributed by atoms with van der Waals surface area (Å²) in [5, 5.41) is 2.98. The molecule has 0 atom stereocenters. The molecule has 0 heterocycles. The van der Waals surface area contributed by atoms with Gasteiger partial charge in [-0.15, -0.1) is 0 Å². The van der Waals surface area contributed by atoms with Gasteiger partial charge in [0.2, 0.25) is 0 Å². The largest absolute Gasteiger partial charge is 0.298 e. The number of halogens is 1. The SMILES string of the molecule is O=Cc1cc(Cl)ccc1Sc1ccc2ccccc2c1. The van der Waals surface area contributed by atoms with E-state index in [0.717, 1.165) is 16.1 Å². The van der Waals surface area contributed by atoms with Crippen molar-refractivity contribution in [1.82, 2.24) is 0 Å². The van der Waals surface area contributed by atoms with Gasteiger partial charge < -0.3 is 0 Å². The molecule has 98 valence electrons. The lowest BCUT2D eigenvalue weighted by atomic mass is 10.1. The number of benzene rings is 3. The normalized spacial score (nSPS) is 10.7. The zero-order chi connectivity index (χ0) is 13.9. The molecule has 0 spiro atoms. The minimum atomic E-state index is 0.579. The van der Waals surface area contributed by atoms with Gasteiger partial charge in [0, 0.05) is 20.4 Å². The van der Waals surface area contributed by atoms with Gasteiger partial charge in [-0.2, -0.15) is 0 Å². The van der Waals surface area contributed by atoms with Crippen LogP contribution >= 0.6 is 23.4 Å². The minimum Gasteiger partial charge on any atom is -0.298 e. The maximum atomic E-state index is 11.1. The molecule has 0 fully saturated rings. The highest BCUT2D eigenvalue weighted by molar-refractivity contribution is 7.99. The van der Waals surface area contributed by atoms with Gasteiger partial charge in [0.05, 0.1) is 0 Å². The maximum absolute atomic E-state index is 11.1. The van der Waals surface area contributed by atoms with Crippen LogP contribution in [0.25, 0.3) is 10.8 Å². The zero-order valence-electron chi connectivity index (χ0n) is 10.5. The van der Waals surface area contributed by atoms with E-state index in [-0.39, 0.29) is 0 Å². The van der Waals surface area contributed by atoms with Crippen LogP contribution in [0, 0.1) is 0 Å². The lowest BCUT2D eigenvalue weighted by molar-refractivity contribution is 0.112. The molecule has 0 radical (unpaired) electrons. The van der Waals surface area contributed by atoms with Gasteiger partial charge >= 0.3 is 0 Å². The molecule has 3 rings (SSSR count). The number of carbonyl (C=O) groups excluding carboxylic acids is 1. The molecule has 0 unspecified atom stereocenters. The van der Waals surface area contributed by atoms with Crippen LogP contribution in [-0.2, 0) is 0 Å². The summed E-state index contributed by atoms with van der Waals surface area (Å²) < 4.78 is 0. The maximum Gasteiger partial charge on any atom is 0.151 e. The Hall–Kier alpha value is -1.77. The van der Waals surface area contributed by atoms with Crippen LogP contribution in [0.3, 0.4) is 0 Å². The molecule has 3 aromatic rings. The number of carbonyl (C=O) groups is 1. The van der Waals surface area contributed by atoms with E-state index < -0.39 is 0 Å². The monoisotopic (exact) mass is 298 g/mol. The summed E-state index contributed by atoms with van der Waals surface area (Å²) in [4.78, 5) is 13.1. The van der Waals surface area contributed by atoms with Crippen molar-refractivity contribution >= 4 is 40.4 Å². The van der Waals surface area contributed by atoms with E-state index in [1.807, 2.05) is 18.2 Å². The molecule has 3 heteroatoms. The lowest BCUT2D eigenvalue weighted by Gasteiger charge is -2.06. The van der Waals surface area contributed by atoms with Crippen molar-refractivity contribution in [2.75, 3.05) is 0 Å². The smallest absolute Gasteiger partial charge is 0.151 e. The Morgan fingerprint density at radius 3 is 2.50 bits per heavy atom. The van der Waals surface area contributed by atoms with Crippen molar-refractivity contribution in [3.8, 4) is 0 Å². The lowest BCUT2D eigenvalue weighted by Crippen LogP contribution is -1.85. The first-order valence-electron chi connectivity index (χ1n) is 6.18. The summed E-state index contributed by atoms with van der Waals surface area (Å²) >= 11 is 7.48. The van der Waals surface area contributed by atoms with Crippen molar-refractivity contribution in [2.45, 2.75) is 9.79 Å². The zero-order valence-corrected chi connectivity index (χ0v) is 12.1.